The van der Waals surface area contributed by atoms with Gasteiger partial charge in [0.2, 0.25) is 0 Å². The fraction of sp³-hybridized carbons (Fsp3) is 0.533. The molecule has 19 heavy (non-hydrogen) atoms. The molecule has 1 aromatic carbocycles. The molecule has 1 N–H and O–H groups in total. The summed E-state index contributed by atoms with van der Waals surface area (Å²) in [7, 11) is 1.42. The molecule has 0 saturated carbocycles. The summed E-state index contributed by atoms with van der Waals surface area (Å²) in [6, 6.07) is 8.25. The van der Waals surface area contributed by atoms with Gasteiger partial charge in [-0.15, -0.1) is 0 Å². The number of nitrogens with one attached hydrogen (secondary N) is 1. The average molecular weight is 263 g/mol. The number of fused-ring (bicyclic) bond motifs is 1. The van der Waals surface area contributed by atoms with Gasteiger partial charge in [0.05, 0.1) is 20.1 Å². The van der Waals surface area contributed by atoms with Crippen molar-refractivity contribution in [1.29, 1.82) is 0 Å². The molecule has 2 rings (SSSR count). The largest absolute Gasteiger partial charge is 0.493 e. The zero-order valence-corrected chi connectivity index (χ0v) is 11.4. The molecule has 1 aromatic rings. The van der Waals surface area contributed by atoms with Gasteiger partial charge in [0.1, 0.15) is 5.75 Å². The lowest BCUT2D eigenvalue weighted by molar-refractivity contribution is -0.140. The number of hydrogen-bond acceptors (Lipinski definition) is 4. The van der Waals surface area contributed by atoms with Crippen LogP contribution in [0.1, 0.15) is 30.7 Å². The second-order valence-electron chi connectivity index (χ2n) is 4.74. The normalized spacial score (nSPS) is 17.4. The van der Waals surface area contributed by atoms with Crippen LogP contribution in [0.4, 0.5) is 0 Å². The molecule has 0 spiro atoms. The topological polar surface area (TPSA) is 47.6 Å². The van der Waals surface area contributed by atoms with Crippen LogP contribution in [-0.2, 0) is 9.53 Å². The molecule has 0 saturated heterocycles. The lowest BCUT2D eigenvalue weighted by Gasteiger charge is -2.25. The number of esters is 1. The first kappa shape index (κ1) is 13.9. The van der Waals surface area contributed by atoms with E-state index in [0.717, 1.165) is 31.7 Å². The SMILES string of the molecule is COC(=O)CCNCCC1CCOc2ccccc21. The molecular weight excluding hydrogens is 242 g/mol. The lowest BCUT2D eigenvalue weighted by Crippen LogP contribution is -2.23. The number of para-hydroxylation sites is 1. The molecule has 0 radical (unpaired) electrons. The first-order valence-corrected chi connectivity index (χ1v) is 6.80. The van der Waals surface area contributed by atoms with Crippen LogP contribution in [0.3, 0.4) is 0 Å². The van der Waals surface area contributed by atoms with E-state index in [1.54, 1.807) is 0 Å². The van der Waals surface area contributed by atoms with Crippen LogP contribution in [0.5, 0.6) is 5.75 Å². The van der Waals surface area contributed by atoms with Gasteiger partial charge in [-0.2, -0.15) is 0 Å². The van der Waals surface area contributed by atoms with Gasteiger partial charge in [-0.05, 0) is 36.9 Å². The van der Waals surface area contributed by atoms with E-state index in [1.807, 2.05) is 12.1 Å². The van der Waals surface area contributed by atoms with Crippen molar-refractivity contribution in [3.63, 3.8) is 0 Å². The highest BCUT2D eigenvalue weighted by atomic mass is 16.5. The van der Waals surface area contributed by atoms with Crippen LogP contribution < -0.4 is 10.1 Å². The molecule has 1 atom stereocenters. The highest BCUT2D eigenvalue weighted by Gasteiger charge is 2.20. The van der Waals surface area contributed by atoms with E-state index in [-0.39, 0.29) is 5.97 Å². The molecule has 0 amide bonds. The maximum absolute atomic E-state index is 11.0. The standard InChI is InChI=1S/C15H21NO3/c1-18-15(17)7-10-16-9-6-12-8-11-19-14-5-3-2-4-13(12)14/h2-5,12,16H,6-11H2,1H3. The van der Waals surface area contributed by atoms with Gasteiger partial charge in [-0.3, -0.25) is 4.79 Å². The third-order valence-electron chi connectivity index (χ3n) is 3.49. The van der Waals surface area contributed by atoms with Crippen LogP contribution in [0.15, 0.2) is 24.3 Å². The van der Waals surface area contributed by atoms with Crippen molar-refractivity contribution in [2.75, 3.05) is 26.8 Å². The van der Waals surface area contributed by atoms with Crippen LogP contribution in [0.25, 0.3) is 0 Å². The molecule has 1 unspecified atom stereocenters. The van der Waals surface area contributed by atoms with Crippen molar-refractivity contribution in [2.45, 2.75) is 25.2 Å². The van der Waals surface area contributed by atoms with E-state index in [9.17, 15) is 4.79 Å². The zero-order chi connectivity index (χ0) is 13.5. The summed E-state index contributed by atoms with van der Waals surface area (Å²) in [6.07, 6.45) is 2.57. The number of carbonyl (C=O) groups is 1. The number of benzene rings is 1. The first-order chi connectivity index (χ1) is 9.31. The fourth-order valence-corrected chi connectivity index (χ4v) is 2.41. The summed E-state index contributed by atoms with van der Waals surface area (Å²) in [4.78, 5) is 11.0. The number of hydrogen-bond donors (Lipinski definition) is 1. The molecule has 4 heteroatoms. The Bertz CT molecular complexity index is 420. The van der Waals surface area contributed by atoms with E-state index in [0.29, 0.717) is 18.9 Å². The van der Waals surface area contributed by atoms with Gasteiger partial charge in [-0.1, -0.05) is 18.2 Å². The second-order valence-corrected chi connectivity index (χ2v) is 4.74. The first-order valence-electron chi connectivity index (χ1n) is 6.80. The monoisotopic (exact) mass is 263 g/mol. The Labute approximate surface area is 114 Å². The minimum atomic E-state index is -0.163. The predicted molar refractivity (Wildman–Crippen MR) is 73.4 cm³/mol. The van der Waals surface area contributed by atoms with E-state index in [4.69, 9.17) is 4.74 Å². The van der Waals surface area contributed by atoms with Crippen LogP contribution in [-0.4, -0.2) is 32.8 Å². The summed E-state index contributed by atoms with van der Waals surface area (Å²) in [5.74, 6) is 1.41. The summed E-state index contributed by atoms with van der Waals surface area (Å²) >= 11 is 0. The van der Waals surface area contributed by atoms with Crippen molar-refractivity contribution in [3.05, 3.63) is 29.8 Å². The minimum absolute atomic E-state index is 0.163. The highest BCUT2D eigenvalue weighted by Crippen LogP contribution is 2.34. The summed E-state index contributed by atoms with van der Waals surface area (Å²) in [5, 5.41) is 3.29. The molecule has 4 nitrogen and oxygen atoms in total. The molecule has 0 fully saturated rings. The summed E-state index contributed by atoms with van der Waals surface area (Å²) in [5.41, 5.74) is 1.31. The van der Waals surface area contributed by atoms with Crippen molar-refractivity contribution < 1.29 is 14.3 Å². The summed E-state index contributed by atoms with van der Waals surface area (Å²) < 4.78 is 10.2. The van der Waals surface area contributed by atoms with Gasteiger partial charge in [0.25, 0.3) is 0 Å². The Morgan fingerprint density at radius 3 is 3.11 bits per heavy atom. The molecule has 1 aliphatic heterocycles. The van der Waals surface area contributed by atoms with Gasteiger partial charge in [0.15, 0.2) is 0 Å². The van der Waals surface area contributed by atoms with Gasteiger partial charge >= 0.3 is 5.97 Å². The van der Waals surface area contributed by atoms with E-state index in [2.05, 4.69) is 22.2 Å². The molecular formula is C15H21NO3. The Kier molecular flexibility index (Phi) is 5.21. The number of methoxy groups -OCH3 is 1. The number of rotatable bonds is 6. The van der Waals surface area contributed by atoms with Crippen molar-refractivity contribution in [1.82, 2.24) is 5.32 Å². The lowest BCUT2D eigenvalue weighted by atomic mass is 9.90. The number of carbonyl (C=O) groups excluding carboxylic acids is 1. The average Bonchev–Trinajstić information content (AvgIpc) is 2.46. The Balaban J connectivity index is 1.74. The minimum Gasteiger partial charge on any atom is -0.493 e. The van der Waals surface area contributed by atoms with E-state index in [1.165, 1.54) is 12.7 Å². The van der Waals surface area contributed by atoms with Crippen LogP contribution in [0, 0.1) is 0 Å². The molecule has 1 heterocycles. The van der Waals surface area contributed by atoms with Gasteiger partial charge in [0, 0.05) is 6.54 Å². The van der Waals surface area contributed by atoms with Crippen LogP contribution in [0.2, 0.25) is 0 Å². The third-order valence-corrected chi connectivity index (χ3v) is 3.49. The molecule has 0 aliphatic carbocycles. The van der Waals surface area contributed by atoms with E-state index < -0.39 is 0 Å². The Hall–Kier alpha value is -1.55. The summed E-state index contributed by atoms with van der Waals surface area (Å²) in [6.45, 7) is 2.39. The maximum Gasteiger partial charge on any atom is 0.306 e. The Morgan fingerprint density at radius 2 is 2.26 bits per heavy atom. The van der Waals surface area contributed by atoms with Gasteiger partial charge in [-0.25, -0.2) is 0 Å². The molecule has 0 aromatic heterocycles. The zero-order valence-electron chi connectivity index (χ0n) is 11.4. The van der Waals surface area contributed by atoms with Crippen molar-refractivity contribution in [2.24, 2.45) is 0 Å². The molecule has 0 bridgehead atoms. The third kappa shape index (κ3) is 3.96. The van der Waals surface area contributed by atoms with Crippen molar-refractivity contribution >= 4 is 5.97 Å². The fourth-order valence-electron chi connectivity index (χ4n) is 2.41. The van der Waals surface area contributed by atoms with Gasteiger partial charge < -0.3 is 14.8 Å². The quantitative estimate of drug-likeness (QED) is 0.630. The Morgan fingerprint density at radius 1 is 1.42 bits per heavy atom. The van der Waals surface area contributed by atoms with Crippen LogP contribution >= 0.6 is 0 Å². The highest BCUT2D eigenvalue weighted by molar-refractivity contribution is 5.69. The molecule has 1 aliphatic rings. The predicted octanol–water partition coefficient (Wildman–Crippen LogP) is 2.10. The van der Waals surface area contributed by atoms with Crippen molar-refractivity contribution in [3.8, 4) is 5.75 Å². The number of ether oxygens (including phenoxy) is 2. The smallest absolute Gasteiger partial charge is 0.306 e. The maximum atomic E-state index is 11.0. The van der Waals surface area contributed by atoms with E-state index >= 15 is 0 Å². The second kappa shape index (κ2) is 7.14. The molecule has 104 valence electrons.